The van der Waals surface area contributed by atoms with Gasteiger partial charge in [0.1, 0.15) is 0 Å². The summed E-state index contributed by atoms with van der Waals surface area (Å²) in [6.45, 7) is 6.04. The molecule has 0 spiro atoms. The van der Waals surface area contributed by atoms with E-state index in [-0.39, 0.29) is 6.03 Å². The molecule has 0 bridgehead atoms. The zero-order valence-corrected chi connectivity index (χ0v) is 11.4. The number of urea groups is 1. The molecule has 2 rings (SSSR count). The molecule has 0 heterocycles. The van der Waals surface area contributed by atoms with Gasteiger partial charge in [-0.25, -0.2) is 4.79 Å². The van der Waals surface area contributed by atoms with Crippen LogP contribution in [0.2, 0.25) is 0 Å². The monoisotopic (exact) mass is 254 g/mol. The average Bonchev–Trinajstić information content (AvgIpc) is 2.37. The molecule has 0 aromatic heterocycles. The standard InChI is InChI=1S/C16H18N2O/c1-11-8-9-14(10-13(11)3)17-16(19)18-15-7-5-4-6-12(15)2/h4-10H,1-3H3,(H2,17,18,19). The molecule has 2 N–H and O–H groups in total. The fourth-order valence-electron chi connectivity index (χ4n) is 1.82. The summed E-state index contributed by atoms with van der Waals surface area (Å²) >= 11 is 0. The summed E-state index contributed by atoms with van der Waals surface area (Å²) in [4.78, 5) is 11.9. The van der Waals surface area contributed by atoms with Gasteiger partial charge in [0.15, 0.2) is 0 Å². The zero-order valence-electron chi connectivity index (χ0n) is 11.4. The molecule has 0 aliphatic heterocycles. The molecule has 0 aliphatic rings. The maximum atomic E-state index is 11.9. The van der Waals surface area contributed by atoms with Crippen molar-refractivity contribution in [3.63, 3.8) is 0 Å². The van der Waals surface area contributed by atoms with Crippen molar-refractivity contribution in [1.29, 1.82) is 0 Å². The van der Waals surface area contributed by atoms with E-state index in [9.17, 15) is 4.79 Å². The normalized spacial score (nSPS) is 10.1. The van der Waals surface area contributed by atoms with Gasteiger partial charge in [0, 0.05) is 11.4 Å². The third-order valence-electron chi connectivity index (χ3n) is 3.16. The van der Waals surface area contributed by atoms with Crippen molar-refractivity contribution in [2.45, 2.75) is 20.8 Å². The number of carbonyl (C=O) groups excluding carboxylic acids is 1. The van der Waals surface area contributed by atoms with Crippen LogP contribution in [0.3, 0.4) is 0 Å². The van der Waals surface area contributed by atoms with Crippen molar-refractivity contribution in [2.75, 3.05) is 10.6 Å². The molecule has 19 heavy (non-hydrogen) atoms. The first-order chi connectivity index (χ1) is 9.06. The minimum Gasteiger partial charge on any atom is -0.308 e. The van der Waals surface area contributed by atoms with Crippen molar-refractivity contribution in [3.05, 3.63) is 59.2 Å². The molecule has 2 amide bonds. The first kappa shape index (κ1) is 13.1. The average molecular weight is 254 g/mol. The Hall–Kier alpha value is -2.29. The molecule has 3 heteroatoms. The number of benzene rings is 2. The number of carbonyl (C=O) groups is 1. The Morgan fingerprint density at radius 3 is 2.26 bits per heavy atom. The van der Waals surface area contributed by atoms with E-state index >= 15 is 0 Å². The van der Waals surface area contributed by atoms with Crippen LogP contribution in [0.25, 0.3) is 0 Å². The molecule has 0 atom stereocenters. The Bertz CT molecular complexity index is 605. The largest absolute Gasteiger partial charge is 0.323 e. The van der Waals surface area contributed by atoms with Gasteiger partial charge in [-0.1, -0.05) is 24.3 Å². The van der Waals surface area contributed by atoms with Crippen LogP contribution in [-0.4, -0.2) is 6.03 Å². The van der Waals surface area contributed by atoms with Gasteiger partial charge >= 0.3 is 6.03 Å². The van der Waals surface area contributed by atoms with Crippen molar-refractivity contribution >= 4 is 17.4 Å². The van der Waals surface area contributed by atoms with E-state index in [0.717, 1.165) is 22.5 Å². The quantitative estimate of drug-likeness (QED) is 0.826. The van der Waals surface area contributed by atoms with E-state index in [2.05, 4.69) is 10.6 Å². The van der Waals surface area contributed by atoms with Crippen LogP contribution in [0, 0.1) is 20.8 Å². The van der Waals surface area contributed by atoms with Gasteiger partial charge in [-0.2, -0.15) is 0 Å². The van der Waals surface area contributed by atoms with E-state index in [0.29, 0.717) is 0 Å². The van der Waals surface area contributed by atoms with E-state index in [1.807, 2.05) is 63.2 Å². The third kappa shape index (κ3) is 3.35. The zero-order chi connectivity index (χ0) is 13.8. The molecular weight excluding hydrogens is 236 g/mol. The number of amides is 2. The summed E-state index contributed by atoms with van der Waals surface area (Å²) in [5.41, 5.74) is 5.04. The van der Waals surface area contributed by atoms with E-state index in [4.69, 9.17) is 0 Å². The molecule has 3 nitrogen and oxygen atoms in total. The molecule has 0 saturated carbocycles. The Morgan fingerprint density at radius 2 is 1.58 bits per heavy atom. The van der Waals surface area contributed by atoms with Crippen molar-refractivity contribution < 1.29 is 4.79 Å². The molecular formula is C16H18N2O. The summed E-state index contributed by atoms with van der Waals surface area (Å²) in [5.74, 6) is 0. The van der Waals surface area contributed by atoms with E-state index in [1.165, 1.54) is 5.56 Å². The summed E-state index contributed by atoms with van der Waals surface area (Å²) in [5, 5.41) is 5.68. The van der Waals surface area contributed by atoms with Crippen LogP contribution in [-0.2, 0) is 0 Å². The third-order valence-corrected chi connectivity index (χ3v) is 3.16. The van der Waals surface area contributed by atoms with Crippen LogP contribution in [0.1, 0.15) is 16.7 Å². The molecule has 0 aliphatic carbocycles. The highest BCUT2D eigenvalue weighted by Crippen LogP contribution is 2.16. The molecule has 0 unspecified atom stereocenters. The molecule has 98 valence electrons. The lowest BCUT2D eigenvalue weighted by atomic mass is 10.1. The van der Waals surface area contributed by atoms with Crippen LogP contribution < -0.4 is 10.6 Å². The number of aryl methyl sites for hydroxylation is 3. The van der Waals surface area contributed by atoms with Crippen LogP contribution in [0.4, 0.5) is 16.2 Å². The van der Waals surface area contributed by atoms with Crippen molar-refractivity contribution in [1.82, 2.24) is 0 Å². The number of rotatable bonds is 2. The lowest BCUT2D eigenvalue weighted by molar-refractivity contribution is 0.262. The first-order valence-electron chi connectivity index (χ1n) is 6.27. The van der Waals surface area contributed by atoms with Crippen molar-refractivity contribution in [3.8, 4) is 0 Å². The van der Waals surface area contributed by atoms with Crippen molar-refractivity contribution in [2.24, 2.45) is 0 Å². The molecule has 2 aromatic rings. The van der Waals surface area contributed by atoms with Gasteiger partial charge in [0.2, 0.25) is 0 Å². The second-order valence-electron chi connectivity index (χ2n) is 4.69. The highest BCUT2D eigenvalue weighted by atomic mass is 16.2. The van der Waals surface area contributed by atoms with Crippen LogP contribution in [0.15, 0.2) is 42.5 Å². The van der Waals surface area contributed by atoms with E-state index in [1.54, 1.807) is 0 Å². The summed E-state index contributed by atoms with van der Waals surface area (Å²) < 4.78 is 0. The predicted molar refractivity (Wildman–Crippen MR) is 79.7 cm³/mol. The fourth-order valence-corrected chi connectivity index (χ4v) is 1.82. The van der Waals surface area contributed by atoms with Crippen LogP contribution in [0.5, 0.6) is 0 Å². The highest BCUT2D eigenvalue weighted by molar-refractivity contribution is 6.00. The topological polar surface area (TPSA) is 41.1 Å². The molecule has 0 radical (unpaired) electrons. The number of hydrogen-bond donors (Lipinski definition) is 2. The fraction of sp³-hybridized carbons (Fsp3) is 0.188. The maximum absolute atomic E-state index is 11.9. The summed E-state index contributed by atoms with van der Waals surface area (Å²) in [7, 11) is 0. The molecule has 0 fully saturated rings. The van der Waals surface area contributed by atoms with Gasteiger partial charge in [-0.15, -0.1) is 0 Å². The lowest BCUT2D eigenvalue weighted by Gasteiger charge is -2.10. The predicted octanol–water partition coefficient (Wildman–Crippen LogP) is 4.26. The van der Waals surface area contributed by atoms with Gasteiger partial charge in [-0.05, 0) is 55.7 Å². The smallest absolute Gasteiger partial charge is 0.308 e. The van der Waals surface area contributed by atoms with Gasteiger partial charge < -0.3 is 10.6 Å². The summed E-state index contributed by atoms with van der Waals surface area (Å²) in [6, 6.07) is 13.3. The minimum absolute atomic E-state index is 0.224. The lowest BCUT2D eigenvalue weighted by Crippen LogP contribution is -2.20. The molecule has 2 aromatic carbocycles. The minimum atomic E-state index is -0.224. The van der Waals surface area contributed by atoms with Gasteiger partial charge in [0.25, 0.3) is 0 Å². The van der Waals surface area contributed by atoms with E-state index < -0.39 is 0 Å². The Labute approximate surface area is 113 Å². The van der Waals surface area contributed by atoms with Crippen LogP contribution >= 0.6 is 0 Å². The molecule has 0 saturated heterocycles. The van der Waals surface area contributed by atoms with Gasteiger partial charge in [-0.3, -0.25) is 0 Å². The SMILES string of the molecule is Cc1ccc(NC(=O)Nc2ccccc2C)cc1C. The Morgan fingerprint density at radius 1 is 0.842 bits per heavy atom. The maximum Gasteiger partial charge on any atom is 0.323 e. The highest BCUT2D eigenvalue weighted by Gasteiger charge is 2.04. The van der Waals surface area contributed by atoms with Gasteiger partial charge in [0.05, 0.1) is 0 Å². The number of nitrogens with one attached hydrogen (secondary N) is 2. The Balaban J connectivity index is 2.05. The number of para-hydroxylation sites is 1. The first-order valence-corrected chi connectivity index (χ1v) is 6.27. The second kappa shape index (κ2) is 5.57. The number of anilines is 2. The number of hydrogen-bond acceptors (Lipinski definition) is 1. The Kier molecular flexibility index (Phi) is 3.85. The summed E-state index contributed by atoms with van der Waals surface area (Å²) in [6.07, 6.45) is 0. The second-order valence-corrected chi connectivity index (χ2v) is 4.69.